The van der Waals surface area contributed by atoms with E-state index in [9.17, 15) is 4.79 Å². The van der Waals surface area contributed by atoms with E-state index in [0.29, 0.717) is 0 Å². The fourth-order valence-electron chi connectivity index (χ4n) is 0.552. The summed E-state index contributed by atoms with van der Waals surface area (Å²) in [6, 6.07) is 0. The van der Waals surface area contributed by atoms with E-state index in [-0.39, 0.29) is 17.0 Å². The maximum Gasteiger partial charge on any atom is 0.257 e. The van der Waals surface area contributed by atoms with E-state index in [0.717, 1.165) is 11.5 Å². The van der Waals surface area contributed by atoms with Crippen LogP contribution in [-0.4, -0.2) is 17.4 Å². The van der Waals surface area contributed by atoms with Crippen molar-refractivity contribution in [2.24, 2.45) is 0 Å². The molecule has 0 aliphatic heterocycles. The Morgan fingerprint density at radius 1 is 1.44 bits per heavy atom. The summed E-state index contributed by atoms with van der Waals surface area (Å²) in [6.07, 6.45) is 0. The van der Waals surface area contributed by atoms with Gasteiger partial charge in [-0.1, -0.05) is 0 Å². The molecule has 0 heterocycles. The van der Waals surface area contributed by atoms with E-state index in [1.807, 2.05) is 0 Å². The molecule has 3 heteroatoms. The molecule has 0 unspecified atom stereocenters. The van der Waals surface area contributed by atoms with Crippen molar-refractivity contribution in [3.05, 3.63) is 0 Å². The van der Waals surface area contributed by atoms with Gasteiger partial charge in [0.2, 0.25) is 0 Å². The molecule has 0 aliphatic carbocycles. The summed E-state index contributed by atoms with van der Waals surface area (Å²) < 4.78 is 2.87. The van der Waals surface area contributed by atoms with Gasteiger partial charge >= 0.3 is 0 Å². The van der Waals surface area contributed by atoms with Crippen molar-refractivity contribution >= 4 is 17.0 Å². The van der Waals surface area contributed by atoms with Crippen LogP contribution in [-0.2, 0) is 15.9 Å². The van der Waals surface area contributed by atoms with Crippen LogP contribution in [0.4, 0.5) is 0 Å². The molecular formula is C6H14NOS+. The van der Waals surface area contributed by atoms with E-state index in [2.05, 4.69) is 18.6 Å². The third-order valence-corrected chi connectivity index (χ3v) is 2.95. The van der Waals surface area contributed by atoms with E-state index in [1.54, 1.807) is 6.92 Å². The first kappa shape index (κ1) is 8.82. The summed E-state index contributed by atoms with van der Waals surface area (Å²) in [5, 5.41) is 0. The fourth-order valence-corrected chi connectivity index (χ4v) is 1.66. The third kappa shape index (κ3) is 4.33. The van der Waals surface area contributed by atoms with Crippen LogP contribution in [0.3, 0.4) is 0 Å². The third-order valence-electron chi connectivity index (χ3n) is 0.985. The maximum absolute atomic E-state index is 10.5. The first-order valence-electron chi connectivity index (χ1n) is 3.15. The molecule has 0 aliphatic rings. The van der Waals surface area contributed by atoms with Crippen molar-refractivity contribution in [1.82, 2.24) is 4.72 Å². The number of carbonyl (C=O) groups is 1. The van der Waals surface area contributed by atoms with Crippen molar-refractivity contribution < 1.29 is 4.79 Å². The van der Waals surface area contributed by atoms with Crippen molar-refractivity contribution in [1.29, 1.82) is 0 Å². The lowest BCUT2D eigenvalue weighted by Gasteiger charge is -2.00. The second-order valence-electron chi connectivity index (χ2n) is 1.73. The largest absolute Gasteiger partial charge is 0.271 e. The minimum atomic E-state index is 0.0852. The van der Waals surface area contributed by atoms with Crippen molar-refractivity contribution in [3.63, 3.8) is 0 Å². The molecule has 0 bridgehead atoms. The predicted molar refractivity (Wildman–Crippen MR) is 42.3 cm³/mol. The first-order chi connectivity index (χ1) is 4.20. The summed E-state index contributed by atoms with van der Waals surface area (Å²) in [4.78, 5) is 10.5. The molecular weight excluding hydrogens is 134 g/mol. The minimum Gasteiger partial charge on any atom is -0.271 e. The number of hydrogen-bond donors (Lipinski definition) is 1. The van der Waals surface area contributed by atoms with E-state index in [4.69, 9.17) is 0 Å². The monoisotopic (exact) mass is 148 g/mol. The van der Waals surface area contributed by atoms with Gasteiger partial charge < -0.3 is 0 Å². The van der Waals surface area contributed by atoms with Gasteiger partial charge in [0, 0.05) is 6.92 Å². The van der Waals surface area contributed by atoms with Crippen molar-refractivity contribution in [2.45, 2.75) is 20.8 Å². The molecule has 1 amide bonds. The SMILES string of the molecule is CC[S+](CC)NC(C)=O. The Bertz CT molecular complexity index is 91.1. The van der Waals surface area contributed by atoms with Crippen LogP contribution in [0.1, 0.15) is 20.8 Å². The number of rotatable bonds is 3. The van der Waals surface area contributed by atoms with Crippen molar-refractivity contribution in [3.8, 4) is 0 Å². The molecule has 0 aromatic carbocycles. The van der Waals surface area contributed by atoms with Crippen LogP contribution in [0.5, 0.6) is 0 Å². The van der Waals surface area contributed by atoms with Gasteiger partial charge in [-0.3, -0.25) is 4.79 Å². The van der Waals surface area contributed by atoms with Crippen LogP contribution in [0.25, 0.3) is 0 Å². The topological polar surface area (TPSA) is 29.1 Å². The highest BCUT2D eigenvalue weighted by Crippen LogP contribution is 1.88. The minimum absolute atomic E-state index is 0.0852. The number of hydrogen-bond acceptors (Lipinski definition) is 1. The molecule has 0 aromatic heterocycles. The fraction of sp³-hybridized carbons (Fsp3) is 0.833. The molecule has 0 fully saturated rings. The van der Waals surface area contributed by atoms with Gasteiger partial charge in [0.15, 0.2) is 0 Å². The molecule has 0 saturated carbocycles. The van der Waals surface area contributed by atoms with Crippen LogP contribution < -0.4 is 4.72 Å². The Hall–Kier alpha value is -0.180. The molecule has 0 spiro atoms. The zero-order valence-electron chi connectivity index (χ0n) is 6.23. The molecule has 1 N–H and O–H groups in total. The van der Waals surface area contributed by atoms with Crippen LogP contribution in [0.15, 0.2) is 0 Å². The van der Waals surface area contributed by atoms with Crippen molar-refractivity contribution in [2.75, 3.05) is 11.5 Å². The first-order valence-corrected chi connectivity index (χ1v) is 4.71. The van der Waals surface area contributed by atoms with Gasteiger partial charge in [0.25, 0.3) is 5.91 Å². The zero-order chi connectivity index (χ0) is 7.28. The average molecular weight is 148 g/mol. The van der Waals surface area contributed by atoms with Gasteiger partial charge in [-0.2, -0.15) is 4.72 Å². The quantitative estimate of drug-likeness (QED) is 0.586. The highest BCUT2D eigenvalue weighted by atomic mass is 32.2. The second-order valence-corrected chi connectivity index (χ2v) is 4.07. The number of carbonyl (C=O) groups excluding carboxylic acids is 1. The smallest absolute Gasteiger partial charge is 0.257 e. The summed E-state index contributed by atoms with van der Waals surface area (Å²) >= 11 is 0.132. The van der Waals surface area contributed by atoms with E-state index >= 15 is 0 Å². The lowest BCUT2D eigenvalue weighted by atomic mass is 10.8. The van der Waals surface area contributed by atoms with E-state index < -0.39 is 0 Å². The highest BCUT2D eigenvalue weighted by molar-refractivity contribution is 7.95. The van der Waals surface area contributed by atoms with Crippen LogP contribution >= 0.6 is 0 Å². The Morgan fingerprint density at radius 2 is 1.89 bits per heavy atom. The molecule has 0 atom stereocenters. The van der Waals surface area contributed by atoms with Gasteiger partial charge in [-0.05, 0) is 13.8 Å². The Balaban J connectivity index is 3.43. The Kier molecular flexibility index (Phi) is 4.58. The summed E-state index contributed by atoms with van der Waals surface area (Å²) in [5.74, 6) is 2.19. The molecule has 0 saturated heterocycles. The maximum atomic E-state index is 10.5. The van der Waals surface area contributed by atoms with Gasteiger partial charge in [-0.25, -0.2) is 0 Å². The Morgan fingerprint density at radius 3 is 2.00 bits per heavy atom. The lowest BCUT2D eigenvalue weighted by molar-refractivity contribution is -0.117. The standard InChI is InChI=1S/C6H13NOS/c1-4-9(5-2)7-6(3)8/h4-5H2,1-3H3/p+1. The summed E-state index contributed by atoms with van der Waals surface area (Å²) in [6.45, 7) is 5.73. The molecule has 2 nitrogen and oxygen atoms in total. The molecule has 54 valence electrons. The lowest BCUT2D eigenvalue weighted by Crippen LogP contribution is -2.31. The zero-order valence-corrected chi connectivity index (χ0v) is 7.05. The van der Waals surface area contributed by atoms with Gasteiger partial charge in [0.1, 0.15) is 22.6 Å². The van der Waals surface area contributed by atoms with Gasteiger partial charge in [0.05, 0.1) is 0 Å². The second kappa shape index (κ2) is 4.68. The molecule has 0 aromatic rings. The molecule has 0 rings (SSSR count). The number of nitrogens with one attached hydrogen (secondary N) is 1. The molecule has 0 radical (unpaired) electrons. The number of amides is 1. The molecule has 9 heavy (non-hydrogen) atoms. The summed E-state index contributed by atoms with van der Waals surface area (Å²) in [5.41, 5.74) is 0. The summed E-state index contributed by atoms with van der Waals surface area (Å²) in [7, 11) is 0. The highest BCUT2D eigenvalue weighted by Gasteiger charge is 2.12. The normalized spacial score (nSPS) is 9.78. The average Bonchev–Trinajstić information content (AvgIpc) is 1.82. The van der Waals surface area contributed by atoms with Gasteiger partial charge in [-0.15, -0.1) is 0 Å². The van der Waals surface area contributed by atoms with E-state index in [1.165, 1.54) is 0 Å². The van der Waals surface area contributed by atoms with Crippen LogP contribution in [0.2, 0.25) is 0 Å². The van der Waals surface area contributed by atoms with Crippen LogP contribution in [0, 0.1) is 0 Å². The Labute approximate surface area is 59.5 Å². The predicted octanol–water partition coefficient (Wildman–Crippen LogP) is 0.696.